The van der Waals surface area contributed by atoms with Crippen LogP contribution in [0.25, 0.3) is 22.2 Å². The molecule has 2 heterocycles. The zero-order valence-electron chi connectivity index (χ0n) is 9.72. The minimum Gasteiger partial charge on any atom is -0.370 e. The van der Waals surface area contributed by atoms with Crippen LogP contribution in [0.3, 0.4) is 0 Å². The summed E-state index contributed by atoms with van der Waals surface area (Å²) in [6.07, 6.45) is 1.94. The summed E-state index contributed by atoms with van der Waals surface area (Å²) in [7, 11) is 0. The number of benzene rings is 1. The number of aromatic amines is 1. The maximum Gasteiger partial charge on any atom is 0.212 e. The van der Waals surface area contributed by atoms with Gasteiger partial charge in [0.05, 0.1) is 5.69 Å². The van der Waals surface area contributed by atoms with Crippen molar-refractivity contribution >= 4 is 49.3 Å². The van der Waals surface area contributed by atoms with Crippen LogP contribution in [0.4, 0.5) is 5.13 Å². The third-order valence-corrected chi connectivity index (χ3v) is 3.86. The van der Waals surface area contributed by atoms with Crippen LogP contribution in [0.2, 0.25) is 0 Å². The summed E-state index contributed by atoms with van der Waals surface area (Å²) < 4.78 is 1.03. The van der Waals surface area contributed by atoms with Crippen molar-refractivity contribution < 1.29 is 0 Å². The first kappa shape index (κ1) is 12.2. The van der Waals surface area contributed by atoms with Crippen LogP contribution in [-0.2, 0) is 0 Å². The van der Waals surface area contributed by atoms with Crippen molar-refractivity contribution in [1.29, 1.82) is 0 Å². The normalized spacial score (nSPS) is 10.8. The number of thiazole rings is 1. The first-order valence-electron chi connectivity index (χ1n) is 5.45. The van der Waals surface area contributed by atoms with Gasteiger partial charge in [-0.2, -0.15) is 4.99 Å². The fraction of sp³-hybridized carbons (Fsp3) is 0. The SMILES string of the molecule is NC(N)=Nc1nc(-c2c[nH]c3ccc(Br)cc23)cs1. The largest absolute Gasteiger partial charge is 0.370 e. The Morgan fingerprint density at radius 3 is 3.00 bits per heavy atom. The van der Waals surface area contributed by atoms with Gasteiger partial charge in [0.2, 0.25) is 5.13 Å². The van der Waals surface area contributed by atoms with Gasteiger partial charge in [0.1, 0.15) is 0 Å². The van der Waals surface area contributed by atoms with Crippen molar-refractivity contribution in [2.75, 3.05) is 0 Å². The minimum absolute atomic E-state index is 0.0163. The standard InChI is InChI=1S/C12H10BrN5S/c13-6-1-2-9-7(3-6)8(4-16-9)10-5-19-12(17-10)18-11(14)15/h1-5,16H,(H4,14,15,17,18). The predicted molar refractivity (Wildman–Crippen MR) is 82.6 cm³/mol. The topological polar surface area (TPSA) is 93.1 Å². The Bertz CT molecular complexity index is 769. The second kappa shape index (κ2) is 4.67. The molecule has 2 aromatic heterocycles. The van der Waals surface area contributed by atoms with E-state index in [1.165, 1.54) is 11.3 Å². The van der Waals surface area contributed by atoms with Gasteiger partial charge in [-0.05, 0) is 18.2 Å². The summed E-state index contributed by atoms with van der Waals surface area (Å²) in [5.74, 6) is 0.0163. The number of nitrogens with zero attached hydrogens (tertiary/aromatic N) is 2. The molecule has 0 spiro atoms. The highest BCUT2D eigenvalue weighted by atomic mass is 79.9. The van der Waals surface area contributed by atoms with E-state index in [0.29, 0.717) is 5.13 Å². The molecular weight excluding hydrogens is 326 g/mol. The number of halogens is 1. The van der Waals surface area contributed by atoms with Crippen molar-refractivity contribution in [3.63, 3.8) is 0 Å². The molecule has 3 rings (SSSR count). The van der Waals surface area contributed by atoms with E-state index in [1.807, 2.05) is 23.7 Å². The molecule has 0 saturated carbocycles. The lowest BCUT2D eigenvalue weighted by Crippen LogP contribution is -2.21. The number of rotatable bonds is 2. The Balaban J connectivity index is 2.11. The molecule has 5 N–H and O–H groups in total. The third kappa shape index (κ3) is 2.34. The van der Waals surface area contributed by atoms with Gasteiger partial charge in [0.25, 0.3) is 0 Å². The number of nitrogens with two attached hydrogens (primary N) is 2. The average Bonchev–Trinajstić information content (AvgIpc) is 2.94. The number of aromatic nitrogens is 2. The van der Waals surface area contributed by atoms with Crippen LogP contribution in [0.1, 0.15) is 0 Å². The Labute approximate surface area is 121 Å². The molecule has 0 saturated heterocycles. The number of guanidine groups is 1. The van der Waals surface area contributed by atoms with Crippen molar-refractivity contribution in [3.8, 4) is 11.3 Å². The monoisotopic (exact) mass is 335 g/mol. The zero-order chi connectivity index (χ0) is 13.4. The smallest absolute Gasteiger partial charge is 0.212 e. The van der Waals surface area contributed by atoms with E-state index in [4.69, 9.17) is 11.5 Å². The number of hydrogen-bond acceptors (Lipinski definition) is 3. The first-order valence-corrected chi connectivity index (χ1v) is 7.13. The maximum atomic E-state index is 5.34. The molecule has 1 aromatic carbocycles. The number of aliphatic imine (C=N–C) groups is 1. The van der Waals surface area contributed by atoms with Gasteiger partial charge in [-0.3, -0.25) is 0 Å². The van der Waals surface area contributed by atoms with Crippen LogP contribution in [0.15, 0.2) is 39.2 Å². The third-order valence-electron chi connectivity index (χ3n) is 2.64. The van der Waals surface area contributed by atoms with E-state index in [2.05, 4.69) is 37.0 Å². The fourth-order valence-corrected chi connectivity index (χ4v) is 2.92. The van der Waals surface area contributed by atoms with E-state index in [9.17, 15) is 0 Å². The van der Waals surface area contributed by atoms with Crippen molar-refractivity contribution in [1.82, 2.24) is 9.97 Å². The Kier molecular flexibility index (Phi) is 3.00. The Hall–Kier alpha value is -1.86. The molecule has 0 atom stereocenters. The highest BCUT2D eigenvalue weighted by molar-refractivity contribution is 9.10. The molecule has 0 amide bonds. The lowest BCUT2D eigenvalue weighted by Gasteiger charge is -1.95. The van der Waals surface area contributed by atoms with Gasteiger partial charge in [0.15, 0.2) is 5.96 Å². The van der Waals surface area contributed by atoms with Gasteiger partial charge in [0, 0.05) is 32.5 Å². The van der Waals surface area contributed by atoms with Gasteiger partial charge >= 0.3 is 0 Å². The van der Waals surface area contributed by atoms with E-state index in [-0.39, 0.29) is 5.96 Å². The molecule has 19 heavy (non-hydrogen) atoms. The Morgan fingerprint density at radius 2 is 2.21 bits per heavy atom. The van der Waals surface area contributed by atoms with Crippen molar-refractivity contribution in [2.24, 2.45) is 16.5 Å². The number of fused-ring (bicyclic) bond motifs is 1. The first-order chi connectivity index (χ1) is 9.13. The van der Waals surface area contributed by atoms with E-state index in [0.717, 1.165) is 26.6 Å². The highest BCUT2D eigenvalue weighted by Gasteiger charge is 2.10. The van der Waals surface area contributed by atoms with Crippen LogP contribution in [0, 0.1) is 0 Å². The molecule has 0 aliphatic rings. The molecule has 5 nitrogen and oxygen atoms in total. The van der Waals surface area contributed by atoms with E-state index < -0.39 is 0 Å². The minimum atomic E-state index is 0.0163. The summed E-state index contributed by atoms with van der Waals surface area (Å²) in [4.78, 5) is 11.6. The average molecular weight is 336 g/mol. The second-order valence-electron chi connectivity index (χ2n) is 3.94. The lowest BCUT2D eigenvalue weighted by atomic mass is 10.1. The van der Waals surface area contributed by atoms with Gasteiger partial charge < -0.3 is 16.5 Å². The molecule has 96 valence electrons. The summed E-state index contributed by atoms with van der Waals surface area (Å²) >= 11 is 4.88. The van der Waals surface area contributed by atoms with Crippen molar-refractivity contribution in [3.05, 3.63) is 34.2 Å². The fourth-order valence-electron chi connectivity index (χ4n) is 1.85. The number of nitrogens with one attached hydrogen (secondary N) is 1. The molecule has 0 aliphatic carbocycles. The number of hydrogen-bond donors (Lipinski definition) is 3. The summed E-state index contributed by atoms with van der Waals surface area (Å²) in [6.45, 7) is 0. The second-order valence-corrected chi connectivity index (χ2v) is 5.70. The van der Waals surface area contributed by atoms with Crippen LogP contribution >= 0.6 is 27.3 Å². The van der Waals surface area contributed by atoms with E-state index >= 15 is 0 Å². The van der Waals surface area contributed by atoms with Crippen LogP contribution in [0.5, 0.6) is 0 Å². The molecular formula is C12H10BrN5S. The number of H-pyrrole nitrogens is 1. The molecule has 0 bridgehead atoms. The van der Waals surface area contributed by atoms with Crippen LogP contribution in [-0.4, -0.2) is 15.9 Å². The molecule has 0 radical (unpaired) electrons. The quantitative estimate of drug-likeness (QED) is 0.496. The lowest BCUT2D eigenvalue weighted by molar-refractivity contribution is 1.33. The Morgan fingerprint density at radius 1 is 1.37 bits per heavy atom. The predicted octanol–water partition coefficient (Wildman–Crippen LogP) is 2.96. The van der Waals surface area contributed by atoms with E-state index in [1.54, 1.807) is 0 Å². The van der Waals surface area contributed by atoms with Crippen LogP contribution < -0.4 is 11.5 Å². The molecule has 0 unspecified atom stereocenters. The van der Waals surface area contributed by atoms with Gasteiger partial charge in [-0.15, -0.1) is 11.3 Å². The highest BCUT2D eigenvalue weighted by Crippen LogP contribution is 2.33. The zero-order valence-corrected chi connectivity index (χ0v) is 12.1. The summed E-state index contributed by atoms with van der Waals surface area (Å²) in [5.41, 5.74) is 13.6. The molecule has 7 heteroatoms. The summed E-state index contributed by atoms with van der Waals surface area (Å²) in [6, 6.07) is 6.07. The molecule has 0 fully saturated rings. The molecule has 0 aliphatic heterocycles. The van der Waals surface area contributed by atoms with Gasteiger partial charge in [-0.25, -0.2) is 4.98 Å². The van der Waals surface area contributed by atoms with Crippen molar-refractivity contribution in [2.45, 2.75) is 0 Å². The maximum absolute atomic E-state index is 5.34. The molecule has 3 aromatic rings. The summed E-state index contributed by atoms with van der Waals surface area (Å²) in [5, 5.41) is 3.60. The van der Waals surface area contributed by atoms with Gasteiger partial charge in [-0.1, -0.05) is 15.9 Å².